The van der Waals surface area contributed by atoms with Crippen LogP contribution in [0.1, 0.15) is 0 Å². The molecular formula is C45H27N5. The van der Waals surface area contributed by atoms with Crippen LogP contribution in [0.5, 0.6) is 0 Å². The number of aromatic nitrogens is 5. The zero-order valence-electron chi connectivity index (χ0n) is 26.8. The lowest BCUT2D eigenvalue weighted by atomic mass is 9.99. The SMILES string of the molecule is c1cc(-c2ccc3ccc(-c4ccc5nc(-c6ccc(-c7ccc8ccc9cccnc9c8n7)cc6)ccc5c4)cc3n2)c2cnccc2c1. The van der Waals surface area contributed by atoms with Gasteiger partial charge < -0.3 is 0 Å². The summed E-state index contributed by atoms with van der Waals surface area (Å²) in [5.74, 6) is 0. The molecule has 5 heterocycles. The largest absolute Gasteiger partial charge is 0.264 e. The Labute approximate surface area is 287 Å². The van der Waals surface area contributed by atoms with Gasteiger partial charge in [0.05, 0.1) is 39.1 Å². The van der Waals surface area contributed by atoms with E-state index in [1.54, 1.807) is 0 Å². The first-order valence-electron chi connectivity index (χ1n) is 16.6. The molecule has 0 atom stereocenters. The van der Waals surface area contributed by atoms with E-state index >= 15 is 0 Å². The molecule has 0 amide bonds. The third kappa shape index (κ3) is 4.83. The summed E-state index contributed by atoms with van der Waals surface area (Å²) in [6, 6.07) is 50.7. The summed E-state index contributed by atoms with van der Waals surface area (Å²) >= 11 is 0. The Balaban J connectivity index is 0.946. The van der Waals surface area contributed by atoms with Gasteiger partial charge in [-0.05, 0) is 65.0 Å². The van der Waals surface area contributed by atoms with E-state index in [4.69, 9.17) is 15.0 Å². The fourth-order valence-electron chi connectivity index (χ4n) is 6.95. The van der Waals surface area contributed by atoms with Crippen LogP contribution in [-0.4, -0.2) is 24.9 Å². The quantitative estimate of drug-likeness (QED) is 0.180. The van der Waals surface area contributed by atoms with Gasteiger partial charge in [-0.3, -0.25) is 9.97 Å². The van der Waals surface area contributed by atoms with Crippen molar-refractivity contribution in [3.63, 3.8) is 0 Å². The minimum atomic E-state index is 0.920. The minimum Gasteiger partial charge on any atom is -0.264 e. The molecule has 0 fully saturated rings. The second kappa shape index (κ2) is 11.4. The Bertz CT molecular complexity index is 2930. The Morgan fingerprint density at radius 2 is 1.00 bits per heavy atom. The first kappa shape index (κ1) is 28.2. The summed E-state index contributed by atoms with van der Waals surface area (Å²) in [6.07, 6.45) is 5.57. The van der Waals surface area contributed by atoms with E-state index in [0.717, 1.165) is 99.3 Å². The summed E-state index contributed by atoms with van der Waals surface area (Å²) in [6.45, 7) is 0. The third-order valence-electron chi connectivity index (χ3n) is 9.58. The highest BCUT2D eigenvalue weighted by atomic mass is 14.8. The fourth-order valence-corrected chi connectivity index (χ4v) is 6.95. The number of nitrogens with zero attached hydrogens (tertiary/aromatic N) is 5. The van der Waals surface area contributed by atoms with E-state index in [1.165, 1.54) is 0 Å². The molecule has 5 aromatic carbocycles. The van der Waals surface area contributed by atoms with Crippen molar-refractivity contribution >= 4 is 54.4 Å². The molecule has 0 saturated heterocycles. The molecule has 232 valence electrons. The molecule has 0 spiro atoms. The van der Waals surface area contributed by atoms with Crippen LogP contribution in [0.2, 0.25) is 0 Å². The third-order valence-corrected chi connectivity index (χ3v) is 9.58. The highest BCUT2D eigenvalue weighted by Crippen LogP contribution is 2.32. The van der Waals surface area contributed by atoms with Crippen LogP contribution in [0.4, 0.5) is 0 Å². The number of hydrogen-bond acceptors (Lipinski definition) is 5. The molecule has 50 heavy (non-hydrogen) atoms. The second-order valence-corrected chi connectivity index (χ2v) is 12.6. The maximum absolute atomic E-state index is 5.09. The van der Waals surface area contributed by atoms with Gasteiger partial charge >= 0.3 is 0 Å². The zero-order chi connectivity index (χ0) is 33.0. The molecule has 0 aliphatic carbocycles. The lowest BCUT2D eigenvalue weighted by molar-refractivity contribution is 1.35. The van der Waals surface area contributed by atoms with Crippen molar-refractivity contribution in [2.24, 2.45) is 0 Å². The van der Waals surface area contributed by atoms with Crippen molar-refractivity contribution in [2.75, 3.05) is 0 Å². The van der Waals surface area contributed by atoms with E-state index in [0.29, 0.717) is 0 Å². The Hall–Kier alpha value is -6.85. The van der Waals surface area contributed by atoms with E-state index in [9.17, 15) is 0 Å². The Kier molecular flexibility index (Phi) is 6.42. The normalized spacial score (nSPS) is 11.6. The van der Waals surface area contributed by atoms with Gasteiger partial charge in [-0.2, -0.15) is 0 Å². The fraction of sp³-hybridized carbons (Fsp3) is 0. The molecule has 0 N–H and O–H groups in total. The highest BCUT2D eigenvalue weighted by molar-refractivity contribution is 6.03. The average Bonchev–Trinajstić information content (AvgIpc) is 3.19. The van der Waals surface area contributed by atoms with Gasteiger partial charge in [0.2, 0.25) is 0 Å². The lowest BCUT2D eigenvalue weighted by Crippen LogP contribution is -1.90. The van der Waals surface area contributed by atoms with Gasteiger partial charge in [0.1, 0.15) is 0 Å². The Morgan fingerprint density at radius 1 is 0.360 bits per heavy atom. The summed E-state index contributed by atoms with van der Waals surface area (Å²) in [5, 5.41) is 6.63. The zero-order valence-corrected chi connectivity index (χ0v) is 26.8. The van der Waals surface area contributed by atoms with E-state index in [1.807, 2.05) is 30.7 Å². The van der Waals surface area contributed by atoms with E-state index in [2.05, 4.69) is 143 Å². The number of hydrogen-bond donors (Lipinski definition) is 0. The van der Waals surface area contributed by atoms with Crippen molar-refractivity contribution in [3.8, 4) is 44.9 Å². The summed E-state index contributed by atoms with van der Waals surface area (Å²) in [7, 11) is 0. The molecule has 5 aromatic heterocycles. The van der Waals surface area contributed by atoms with Crippen LogP contribution in [0.25, 0.3) is 99.3 Å². The van der Waals surface area contributed by atoms with Gasteiger partial charge in [-0.1, -0.05) is 97.1 Å². The molecular weight excluding hydrogens is 611 g/mol. The van der Waals surface area contributed by atoms with Gasteiger partial charge in [0.25, 0.3) is 0 Å². The maximum Gasteiger partial charge on any atom is 0.0972 e. The first-order chi connectivity index (χ1) is 24.7. The smallest absolute Gasteiger partial charge is 0.0972 e. The molecule has 0 unspecified atom stereocenters. The monoisotopic (exact) mass is 637 g/mol. The van der Waals surface area contributed by atoms with Crippen molar-refractivity contribution in [1.29, 1.82) is 0 Å². The number of benzene rings is 5. The van der Waals surface area contributed by atoms with Crippen LogP contribution in [0.15, 0.2) is 164 Å². The molecule has 0 bridgehead atoms. The van der Waals surface area contributed by atoms with Crippen LogP contribution in [0, 0.1) is 0 Å². The van der Waals surface area contributed by atoms with Crippen molar-refractivity contribution in [2.45, 2.75) is 0 Å². The highest BCUT2D eigenvalue weighted by Gasteiger charge is 2.10. The van der Waals surface area contributed by atoms with Crippen molar-refractivity contribution in [3.05, 3.63) is 164 Å². The molecule has 10 rings (SSSR count). The van der Waals surface area contributed by atoms with Crippen LogP contribution in [0.3, 0.4) is 0 Å². The average molecular weight is 638 g/mol. The topological polar surface area (TPSA) is 64.5 Å². The minimum absolute atomic E-state index is 0.920. The lowest BCUT2D eigenvalue weighted by Gasteiger charge is -2.10. The molecule has 0 saturated carbocycles. The molecule has 10 aromatic rings. The second-order valence-electron chi connectivity index (χ2n) is 12.6. The van der Waals surface area contributed by atoms with Gasteiger partial charge in [0.15, 0.2) is 0 Å². The number of fused-ring (bicyclic) bond motifs is 6. The number of rotatable bonds is 4. The standard InChI is InChI=1S/C45H27N5/c1-3-28-22-24-46-27-38(28)37(5-1)42-21-14-31-10-13-35(26-43(31)49-42)34-16-19-41-36(25-34)17-20-39(48-41)29-6-8-30(9-7-29)40-18-15-33-12-11-32-4-2-23-47-44(32)45(33)50-40/h1-27H. The van der Waals surface area contributed by atoms with E-state index < -0.39 is 0 Å². The predicted octanol–water partition coefficient (Wildman–Crippen LogP) is 11.1. The van der Waals surface area contributed by atoms with Crippen LogP contribution >= 0.6 is 0 Å². The summed E-state index contributed by atoms with van der Waals surface area (Å²) in [4.78, 5) is 24.1. The maximum atomic E-state index is 5.09. The molecule has 0 radical (unpaired) electrons. The molecule has 0 aliphatic heterocycles. The Morgan fingerprint density at radius 3 is 1.88 bits per heavy atom. The summed E-state index contributed by atoms with van der Waals surface area (Å²) < 4.78 is 0. The molecule has 0 aliphatic rings. The van der Waals surface area contributed by atoms with Gasteiger partial charge in [-0.25, -0.2) is 15.0 Å². The first-order valence-corrected chi connectivity index (χ1v) is 16.6. The van der Waals surface area contributed by atoms with Crippen LogP contribution < -0.4 is 0 Å². The van der Waals surface area contributed by atoms with Crippen molar-refractivity contribution in [1.82, 2.24) is 24.9 Å². The van der Waals surface area contributed by atoms with Gasteiger partial charge in [-0.15, -0.1) is 0 Å². The van der Waals surface area contributed by atoms with Gasteiger partial charge in [0, 0.05) is 62.2 Å². The number of pyridine rings is 5. The van der Waals surface area contributed by atoms with E-state index in [-0.39, 0.29) is 0 Å². The van der Waals surface area contributed by atoms with Crippen LogP contribution in [-0.2, 0) is 0 Å². The summed E-state index contributed by atoms with van der Waals surface area (Å²) in [5.41, 5.74) is 12.0. The molecule has 5 nitrogen and oxygen atoms in total. The molecule has 5 heteroatoms. The van der Waals surface area contributed by atoms with Crippen molar-refractivity contribution < 1.29 is 0 Å². The predicted molar refractivity (Wildman–Crippen MR) is 205 cm³/mol.